The summed E-state index contributed by atoms with van der Waals surface area (Å²) < 4.78 is 5.87. The highest BCUT2D eigenvalue weighted by Gasteiger charge is 2.26. The number of carbonyl (C=O) groups excluding carboxylic acids is 1. The van der Waals surface area contributed by atoms with Gasteiger partial charge in [-0.3, -0.25) is 9.59 Å². The fraction of sp³-hybridized carbons (Fsp3) is 0.611. The van der Waals surface area contributed by atoms with Crippen molar-refractivity contribution in [3.05, 3.63) is 23.9 Å². The normalized spacial score (nSPS) is 15.8. The van der Waals surface area contributed by atoms with Gasteiger partial charge in [-0.05, 0) is 52.0 Å². The first-order valence-electron chi connectivity index (χ1n) is 8.53. The predicted molar refractivity (Wildman–Crippen MR) is 90.1 cm³/mol. The molecular weight excluding hydrogens is 308 g/mol. The van der Waals surface area contributed by atoms with Crippen molar-refractivity contribution in [2.24, 2.45) is 5.41 Å². The molecule has 2 rings (SSSR count). The van der Waals surface area contributed by atoms with Crippen molar-refractivity contribution < 1.29 is 19.4 Å². The number of hydrogen-bond acceptors (Lipinski definition) is 4. The maximum Gasteiger partial charge on any atom is 0.309 e. The maximum absolute atomic E-state index is 12.2. The van der Waals surface area contributed by atoms with Crippen LogP contribution in [0, 0.1) is 5.41 Å². The third-order valence-corrected chi connectivity index (χ3v) is 4.45. The molecule has 0 radical (unpaired) electrons. The first-order chi connectivity index (χ1) is 11.4. The molecule has 1 fully saturated rings. The average molecular weight is 334 g/mol. The Morgan fingerprint density at radius 1 is 1.33 bits per heavy atom. The molecule has 0 aliphatic heterocycles. The first-order valence-corrected chi connectivity index (χ1v) is 8.53. The van der Waals surface area contributed by atoms with Gasteiger partial charge in [-0.1, -0.05) is 6.42 Å². The van der Waals surface area contributed by atoms with E-state index in [1.807, 2.05) is 0 Å². The van der Waals surface area contributed by atoms with Crippen LogP contribution in [-0.2, 0) is 4.79 Å². The zero-order valence-corrected chi connectivity index (χ0v) is 14.4. The van der Waals surface area contributed by atoms with Gasteiger partial charge in [0.1, 0.15) is 6.10 Å². The van der Waals surface area contributed by atoms with Gasteiger partial charge in [-0.25, -0.2) is 4.98 Å². The van der Waals surface area contributed by atoms with Crippen molar-refractivity contribution in [1.29, 1.82) is 0 Å². The fourth-order valence-electron chi connectivity index (χ4n) is 2.67. The number of carboxylic acid groups (broad SMARTS) is 1. The highest BCUT2D eigenvalue weighted by Crippen LogP contribution is 2.23. The number of carbonyl (C=O) groups is 2. The van der Waals surface area contributed by atoms with Crippen LogP contribution in [-0.4, -0.2) is 34.6 Å². The Morgan fingerprint density at radius 2 is 2.04 bits per heavy atom. The summed E-state index contributed by atoms with van der Waals surface area (Å²) in [6.45, 7) is 3.59. The van der Waals surface area contributed by atoms with E-state index in [4.69, 9.17) is 9.84 Å². The number of aliphatic carboxylic acids is 1. The SMILES string of the molecule is CC(C)(CCNC(=O)c1ccnc(OC2CCCCC2)c1)C(=O)O. The van der Waals surface area contributed by atoms with Crippen LogP contribution >= 0.6 is 0 Å². The Morgan fingerprint density at radius 3 is 2.71 bits per heavy atom. The third kappa shape index (κ3) is 5.22. The molecule has 2 N–H and O–H groups in total. The van der Waals surface area contributed by atoms with Gasteiger partial charge in [-0.2, -0.15) is 0 Å². The molecule has 1 aromatic rings. The van der Waals surface area contributed by atoms with Crippen molar-refractivity contribution in [3.8, 4) is 5.88 Å². The van der Waals surface area contributed by atoms with Gasteiger partial charge in [0.15, 0.2) is 0 Å². The summed E-state index contributed by atoms with van der Waals surface area (Å²) in [4.78, 5) is 27.4. The molecule has 1 amide bonds. The molecule has 1 aliphatic rings. The molecule has 1 aliphatic carbocycles. The van der Waals surface area contributed by atoms with E-state index in [2.05, 4.69) is 10.3 Å². The molecule has 24 heavy (non-hydrogen) atoms. The van der Waals surface area contributed by atoms with E-state index < -0.39 is 11.4 Å². The van der Waals surface area contributed by atoms with Crippen molar-refractivity contribution >= 4 is 11.9 Å². The summed E-state index contributed by atoms with van der Waals surface area (Å²) in [6.07, 6.45) is 7.77. The van der Waals surface area contributed by atoms with Crippen molar-refractivity contribution in [2.45, 2.75) is 58.5 Å². The predicted octanol–water partition coefficient (Wildman–Crippen LogP) is 3.02. The molecule has 6 heteroatoms. The van der Waals surface area contributed by atoms with E-state index in [-0.39, 0.29) is 12.0 Å². The van der Waals surface area contributed by atoms with E-state index in [0.29, 0.717) is 24.4 Å². The summed E-state index contributed by atoms with van der Waals surface area (Å²) in [6, 6.07) is 3.28. The lowest BCUT2D eigenvalue weighted by molar-refractivity contribution is -0.147. The second kappa shape index (κ2) is 8.13. The van der Waals surface area contributed by atoms with Crippen LogP contribution < -0.4 is 10.1 Å². The Kier molecular flexibility index (Phi) is 6.17. The van der Waals surface area contributed by atoms with E-state index in [9.17, 15) is 9.59 Å². The monoisotopic (exact) mass is 334 g/mol. The van der Waals surface area contributed by atoms with Gasteiger partial charge in [0.05, 0.1) is 5.41 Å². The summed E-state index contributed by atoms with van der Waals surface area (Å²) >= 11 is 0. The number of ether oxygens (including phenoxy) is 1. The van der Waals surface area contributed by atoms with E-state index in [1.54, 1.807) is 32.2 Å². The van der Waals surface area contributed by atoms with Gasteiger partial charge < -0.3 is 15.2 Å². The number of amides is 1. The number of nitrogens with zero attached hydrogens (tertiary/aromatic N) is 1. The molecule has 0 spiro atoms. The van der Waals surface area contributed by atoms with Gasteiger partial charge in [0, 0.05) is 24.4 Å². The van der Waals surface area contributed by atoms with Crippen molar-refractivity contribution in [3.63, 3.8) is 0 Å². The summed E-state index contributed by atoms with van der Waals surface area (Å²) in [7, 11) is 0. The van der Waals surface area contributed by atoms with Crippen LogP contribution in [0.2, 0.25) is 0 Å². The van der Waals surface area contributed by atoms with E-state index >= 15 is 0 Å². The lowest BCUT2D eigenvalue weighted by Crippen LogP contribution is -2.32. The van der Waals surface area contributed by atoms with Gasteiger partial charge in [-0.15, -0.1) is 0 Å². The second-order valence-electron chi connectivity index (χ2n) is 6.96. The molecule has 0 bridgehead atoms. The number of aromatic nitrogens is 1. The molecule has 0 saturated heterocycles. The zero-order valence-electron chi connectivity index (χ0n) is 14.4. The number of hydrogen-bond donors (Lipinski definition) is 2. The molecule has 1 heterocycles. The quantitative estimate of drug-likeness (QED) is 0.800. The average Bonchev–Trinajstić information content (AvgIpc) is 2.55. The van der Waals surface area contributed by atoms with Crippen LogP contribution in [0.4, 0.5) is 0 Å². The minimum Gasteiger partial charge on any atom is -0.481 e. The van der Waals surface area contributed by atoms with Crippen molar-refractivity contribution in [2.75, 3.05) is 6.54 Å². The Balaban J connectivity index is 1.88. The molecule has 132 valence electrons. The molecule has 0 atom stereocenters. The van der Waals surface area contributed by atoms with Crippen molar-refractivity contribution in [1.82, 2.24) is 10.3 Å². The summed E-state index contributed by atoms with van der Waals surface area (Å²) in [5, 5.41) is 11.8. The van der Waals surface area contributed by atoms with Gasteiger partial charge >= 0.3 is 5.97 Å². The zero-order chi connectivity index (χ0) is 17.6. The maximum atomic E-state index is 12.2. The number of rotatable bonds is 7. The highest BCUT2D eigenvalue weighted by atomic mass is 16.5. The minimum absolute atomic E-state index is 0.181. The van der Waals surface area contributed by atoms with E-state index in [1.165, 1.54) is 19.3 Å². The lowest BCUT2D eigenvalue weighted by atomic mass is 9.90. The molecule has 6 nitrogen and oxygen atoms in total. The summed E-state index contributed by atoms with van der Waals surface area (Å²) in [5.74, 6) is -0.642. The number of nitrogens with one attached hydrogen (secondary N) is 1. The largest absolute Gasteiger partial charge is 0.481 e. The number of carboxylic acids is 1. The Labute approximate surface area is 142 Å². The van der Waals surface area contributed by atoms with E-state index in [0.717, 1.165) is 12.8 Å². The Hall–Kier alpha value is -2.11. The molecular formula is C18H26N2O4. The molecule has 1 saturated carbocycles. The number of pyridine rings is 1. The van der Waals surface area contributed by atoms with Gasteiger partial charge in [0.25, 0.3) is 5.91 Å². The topological polar surface area (TPSA) is 88.5 Å². The van der Waals surface area contributed by atoms with Crippen LogP contribution in [0.15, 0.2) is 18.3 Å². The second-order valence-corrected chi connectivity index (χ2v) is 6.96. The molecule has 1 aromatic heterocycles. The minimum atomic E-state index is -0.871. The van der Waals surface area contributed by atoms with Gasteiger partial charge in [0.2, 0.25) is 5.88 Å². The standard InChI is InChI=1S/C18H26N2O4/c1-18(2,17(22)23)9-11-20-16(21)13-8-10-19-15(12-13)24-14-6-4-3-5-7-14/h8,10,12,14H,3-7,9,11H2,1-2H3,(H,20,21)(H,22,23). The van der Waals surface area contributed by atoms with Crippen LogP contribution in [0.3, 0.4) is 0 Å². The fourth-order valence-corrected chi connectivity index (χ4v) is 2.67. The smallest absolute Gasteiger partial charge is 0.309 e. The van der Waals surface area contributed by atoms with Crippen LogP contribution in [0.25, 0.3) is 0 Å². The Bertz CT molecular complexity index is 580. The van der Waals surface area contributed by atoms with Crippen LogP contribution in [0.5, 0.6) is 5.88 Å². The third-order valence-electron chi connectivity index (χ3n) is 4.45. The molecule has 0 unspecified atom stereocenters. The summed E-state index contributed by atoms with van der Waals surface area (Å²) in [5.41, 5.74) is -0.384. The van der Waals surface area contributed by atoms with Crippen LogP contribution in [0.1, 0.15) is 62.7 Å². The molecule has 0 aromatic carbocycles. The highest BCUT2D eigenvalue weighted by molar-refractivity contribution is 5.94. The lowest BCUT2D eigenvalue weighted by Gasteiger charge is -2.22. The first kappa shape index (κ1) is 18.2.